The number of rotatable bonds is 2. The van der Waals surface area contributed by atoms with Crippen LogP contribution in [0.2, 0.25) is 0 Å². The van der Waals surface area contributed by atoms with E-state index in [0.717, 1.165) is 17.5 Å². The first-order chi connectivity index (χ1) is 19.5. The zero-order valence-corrected chi connectivity index (χ0v) is 21.9. The van der Waals surface area contributed by atoms with E-state index < -0.39 is 6.36 Å². The number of hydrogen-bond acceptors (Lipinski definition) is 2. The lowest BCUT2D eigenvalue weighted by atomic mass is 9.87. The maximum Gasteiger partial charge on any atom is 0.573 e. The van der Waals surface area contributed by atoms with Gasteiger partial charge < -0.3 is 9.72 Å². The van der Waals surface area contributed by atoms with Crippen LogP contribution in [0.4, 0.5) is 13.2 Å². The number of alkyl halides is 3. The molecular formula is C34H29F3N2O. The van der Waals surface area contributed by atoms with Crippen LogP contribution in [0.5, 0.6) is 5.75 Å². The van der Waals surface area contributed by atoms with E-state index in [-0.39, 0.29) is 5.75 Å². The molecule has 40 heavy (non-hydrogen) atoms. The minimum Gasteiger partial charge on any atom is -0.406 e. The number of halogens is 3. The molecule has 0 radical (unpaired) electrons. The van der Waals surface area contributed by atoms with Crippen molar-refractivity contribution >= 4 is 12.2 Å². The fraction of sp³-hybridized carbons (Fsp3) is 0.147. The predicted molar refractivity (Wildman–Crippen MR) is 154 cm³/mol. The van der Waals surface area contributed by atoms with Crippen molar-refractivity contribution in [2.75, 3.05) is 0 Å². The van der Waals surface area contributed by atoms with Crippen molar-refractivity contribution < 1.29 is 17.9 Å². The molecule has 0 unspecified atom stereocenters. The summed E-state index contributed by atoms with van der Waals surface area (Å²) in [5.41, 5.74) is 7.59. The van der Waals surface area contributed by atoms with Crippen molar-refractivity contribution in [3.63, 3.8) is 0 Å². The Hall–Kier alpha value is -4.58. The van der Waals surface area contributed by atoms with Crippen LogP contribution < -0.4 is 15.2 Å². The molecule has 202 valence electrons. The molecule has 0 saturated heterocycles. The van der Waals surface area contributed by atoms with Crippen LogP contribution in [0.15, 0.2) is 110 Å². The lowest BCUT2D eigenvalue weighted by Crippen LogP contribution is -2.33. The zero-order valence-electron chi connectivity index (χ0n) is 21.9. The van der Waals surface area contributed by atoms with Crippen molar-refractivity contribution in [3.8, 4) is 28.0 Å². The highest BCUT2D eigenvalue weighted by Crippen LogP contribution is 2.26. The van der Waals surface area contributed by atoms with Gasteiger partial charge in [-0.25, -0.2) is 0 Å². The Morgan fingerprint density at radius 1 is 0.700 bits per heavy atom. The third kappa shape index (κ3) is 6.89. The summed E-state index contributed by atoms with van der Waals surface area (Å²) in [7, 11) is 0. The molecule has 0 fully saturated rings. The first kappa shape index (κ1) is 27.0. The summed E-state index contributed by atoms with van der Waals surface area (Å²) in [5, 5.41) is 2.99. The standard InChI is InChI=1S/C18H16.C11H8F3NO.C5H5N/c1-3-7-15-13(5-1)9-11-18-16-8-4-2-6-14(16)10-12-17(15)18;12-11(13,14)16-10-3-1-8(2-4-10)9-5-6-15-7-9;1-2-4-6-5-3-1/h1,3,5,7-8,10-12H,2,4,6,9H2;1-7,15H;1-5H. The van der Waals surface area contributed by atoms with Gasteiger partial charge in [-0.05, 0) is 99.8 Å². The lowest BCUT2D eigenvalue weighted by molar-refractivity contribution is -0.274. The molecule has 3 aromatic carbocycles. The summed E-state index contributed by atoms with van der Waals surface area (Å²) >= 11 is 0. The molecule has 3 nitrogen and oxygen atoms in total. The summed E-state index contributed by atoms with van der Waals surface area (Å²) in [6.07, 6.45) is 12.1. The molecule has 6 heteroatoms. The monoisotopic (exact) mass is 538 g/mol. The Morgan fingerprint density at radius 3 is 2.17 bits per heavy atom. The number of ether oxygens (including phenoxy) is 1. The molecule has 2 aliphatic rings. The number of hydrogen-bond donors (Lipinski definition) is 1. The van der Waals surface area contributed by atoms with Crippen LogP contribution >= 0.6 is 0 Å². The summed E-state index contributed by atoms with van der Waals surface area (Å²) in [6, 6.07) is 26.7. The Labute approximate surface area is 231 Å². The largest absolute Gasteiger partial charge is 0.573 e. The predicted octanol–water partition coefficient (Wildman–Crippen LogP) is 7.47. The van der Waals surface area contributed by atoms with Crippen molar-refractivity contribution in [1.82, 2.24) is 9.97 Å². The van der Waals surface area contributed by atoms with Gasteiger partial charge in [-0.1, -0.05) is 66.7 Å². The number of aromatic nitrogens is 2. The zero-order chi connectivity index (χ0) is 27.8. The van der Waals surface area contributed by atoms with Gasteiger partial charge >= 0.3 is 6.36 Å². The van der Waals surface area contributed by atoms with Gasteiger partial charge in [-0.3, -0.25) is 4.98 Å². The Balaban J connectivity index is 0.000000135. The van der Waals surface area contributed by atoms with Crippen LogP contribution in [0.3, 0.4) is 0 Å². The number of pyridine rings is 1. The summed E-state index contributed by atoms with van der Waals surface area (Å²) in [5.74, 6) is -0.216. The number of aromatic amines is 1. The molecule has 0 amide bonds. The highest BCUT2D eigenvalue weighted by molar-refractivity contribution is 5.74. The first-order valence-corrected chi connectivity index (χ1v) is 13.2. The van der Waals surface area contributed by atoms with E-state index in [0.29, 0.717) is 0 Å². The number of H-pyrrole nitrogens is 1. The lowest BCUT2D eigenvalue weighted by Gasteiger charge is -2.17. The van der Waals surface area contributed by atoms with E-state index in [2.05, 4.69) is 63.3 Å². The van der Waals surface area contributed by atoms with Crippen molar-refractivity contribution in [2.24, 2.45) is 0 Å². The topological polar surface area (TPSA) is 37.9 Å². The third-order valence-corrected chi connectivity index (χ3v) is 6.80. The molecule has 2 aliphatic carbocycles. The molecule has 0 saturated carbocycles. The van der Waals surface area contributed by atoms with Crippen molar-refractivity contribution in [1.29, 1.82) is 0 Å². The number of benzene rings is 3. The molecule has 5 aromatic rings. The van der Waals surface area contributed by atoms with Gasteiger partial charge in [0, 0.05) is 24.8 Å². The normalized spacial score (nSPS) is 12.9. The third-order valence-electron chi connectivity index (χ3n) is 6.80. The van der Waals surface area contributed by atoms with Gasteiger partial charge in [0.2, 0.25) is 0 Å². The van der Waals surface area contributed by atoms with E-state index in [1.54, 1.807) is 36.9 Å². The highest BCUT2D eigenvalue weighted by atomic mass is 19.4. The second kappa shape index (κ2) is 12.5. The maximum atomic E-state index is 11.9. The van der Waals surface area contributed by atoms with Crippen LogP contribution in [-0.2, 0) is 12.8 Å². The molecule has 2 aromatic heterocycles. The molecule has 0 aliphatic heterocycles. The summed E-state index contributed by atoms with van der Waals surface area (Å²) in [6.45, 7) is 0. The number of fused-ring (bicyclic) bond motifs is 5. The summed E-state index contributed by atoms with van der Waals surface area (Å²) < 4.78 is 39.4. The highest BCUT2D eigenvalue weighted by Gasteiger charge is 2.30. The van der Waals surface area contributed by atoms with E-state index in [1.165, 1.54) is 64.1 Å². The van der Waals surface area contributed by atoms with Gasteiger partial charge in [0.1, 0.15) is 5.75 Å². The quantitative estimate of drug-likeness (QED) is 0.253. The van der Waals surface area contributed by atoms with E-state index >= 15 is 0 Å². The second-order valence-corrected chi connectivity index (χ2v) is 9.46. The summed E-state index contributed by atoms with van der Waals surface area (Å²) in [4.78, 5) is 6.65. The molecule has 0 spiro atoms. The SMILES string of the molecule is C1=c2c(ccc3c2=CCc2ccccc2-3)CCC1.FC(F)(F)Oc1ccc(-c2cc[nH]c2)cc1.c1ccncc1. The Morgan fingerprint density at radius 2 is 1.50 bits per heavy atom. The molecule has 7 rings (SSSR count). The molecular weight excluding hydrogens is 509 g/mol. The molecule has 2 heterocycles. The van der Waals surface area contributed by atoms with Crippen molar-refractivity contribution in [2.45, 2.75) is 32.0 Å². The van der Waals surface area contributed by atoms with Gasteiger partial charge in [-0.2, -0.15) is 0 Å². The second-order valence-electron chi connectivity index (χ2n) is 9.46. The molecule has 1 N–H and O–H groups in total. The van der Waals surface area contributed by atoms with Gasteiger partial charge in [0.15, 0.2) is 0 Å². The number of aryl methyl sites for hydroxylation is 1. The van der Waals surface area contributed by atoms with E-state index in [1.807, 2.05) is 24.3 Å². The smallest absolute Gasteiger partial charge is 0.406 e. The van der Waals surface area contributed by atoms with Crippen molar-refractivity contribution in [3.05, 3.63) is 131 Å². The fourth-order valence-corrected chi connectivity index (χ4v) is 4.97. The van der Waals surface area contributed by atoms with Gasteiger partial charge in [-0.15, -0.1) is 13.2 Å². The van der Waals surface area contributed by atoms with Gasteiger partial charge in [0.05, 0.1) is 0 Å². The Bertz CT molecular complexity index is 1620. The van der Waals surface area contributed by atoms with E-state index in [9.17, 15) is 13.2 Å². The van der Waals surface area contributed by atoms with Crippen LogP contribution in [0.1, 0.15) is 24.0 Å². The number of nitrogens with one attached hydrogen (secondary N) is 1. The minimum absolute atomic E-state index is 0.216. The number of nitrogens with zero attached hydrogens (tertiary/aromatic N) is 1. The molecule has 0 atom stereocenters. The molecule has 0 bridgehead atoms. The van der Waals surface area contributed by atoms with Crippen LogP contribution in [0.25, 0.3) is 34.4 Å². The van der Waals surface area contributed by atoms with E-state index in [4.69, 9.17) is 0 Å². The van der Waals surface area contributed by atoms with Crippen LogP contribution in [-0.4, -0.2) is 16.3 Å². The minimum atomic E-state index is -4.64. The van der Waals surface area contributed by atoms with Gasteiger partial charge in [0.25, 0.3) is 0 Å². The first-order valence-electron chi connectivity index (χ1n) is 13.2. The average Bonchev–Trinajstić information content (AvgIpc) is 3.53. The van der Waals surface area contributed by atoms with Crippen LogP contribution in [0, 0.1) is 0 Å². The average molecular weight is 539 g/mol. The Kier molecular flexibility index (Phi) is 8.45. The maximum absolute atomic E-state index is 11.9. The fourth-order valence-electron chi connectivity index (χ4n) is 4.97.